The van der Waals surface area contributed by atoms with Gasteiger partial charge in [0.15, 0.2) is 0 Å². The molecule has 9 heteroatoms. The number of hydrogen-bond acceptors (Lipinski definition) is 5. The Morgan fingerprint density at radius 2 is 0.794 bits per heavy atom. The Bertz CT molecular complexity index is 1120. The van der Waals surface area contributed by atoms with Gasteiger partial charge in [0.2, 0.25) is 5.91 Å². The normalized spacial score (nSPS) is 13.9. The van der Waals surface area contributed by atoms with Crippen LogP contribution in [0, 0.1) is 0 Å². The molecule has 1 amide bonds. The molecule has 0 aliphatic carbocycles. The molecule has 406 valence electrons. The maximum Gasteiger partial charge on any atom is 0.472 e. The van der Waals surface area contributed by atoms with Crippen LogP contribution in [-0.4, -0.2) is 73.4 Å². The molecule has 0 aliphatic heterocycles. The summed E-state index contributed by atoms with van der Waals surface area (Å²) in [6.45, 7) is 4.94. The van der Waals surface area contributed by atoms with Gasteiger partial charge < -0.3 is 19.8 Å². The molecule has 3 unspecified atom stereocenters. The second-order valence-corrected chi connectivity index (χ2v) is 23.5. The standard InChI is InChI=1S/C59H119N2O6P/c1-6-8-10-12-14-16-18-20-22-24-26-28-30-31-32-34-36-38-40-42-44-46-48-50-52-58(62)57(56-67-68(64,65)66-55-54-61(3,4)5)60-59(63)53-51-49-47-45-43-41-39-37-35-33-29-27-25-23-21-19-17-15-13-11-9-7-2/h33,35,57-58,62H,6-32,34,36-56H2,1-5H3,(H-,60,63,64,65)/p+1/b35-33-. The van der Waals surface area contributed by atoms with E-state index < -0.39 is 20.0 Å². The van der Waals surface area contributed by atoms with Gasteiger partial charge in [0.1, 0.15) is 13.2 Å². The van der Waals surface area contributed by atoms with Crippen molar-refractivity contribution in [2.75, 3.05) is 40.9 Å². The number of hydrogen-bond donors (Lipinski definition) is 3. The van der Waals surface area contributed by atoms with Gasteiger partial charge in [-0.05, 0) is 38.5 Å². The zero-order chi connectivity index (χ0) is 49.9. The van der Waals surface area contributed by atoms with Crippen molar-refractivity contribution in [1.29, 1.82) is 0 Å². The van der Waals surface area contributed by atoms with Crippen molar-refractivity contribution in [2.45, 2.75) is 321 Å². The third-order valence-electron chi connectivity index (χ3n) is 14.0. The zero-order valence-electron chi connectivity index (χ0n) is 46.4. The van der Waals surface area contributed by atoms with Crippen LogP contribution in [0.3, 0.4) is 0 Å². The SMILES string of the molecule is CCCCCCCCCCCCC/C=C\CCCCCCCCCC(=O)NC(COP(=O)(O)OCC[N+](C)(C)C)C(O)CCCCCCCCCCCCCCCCCCCCCCCCCC. The maximum atomic E-state index is 13.0. The number of nitrogens with one attached hydrogen (secondary N) is 1. The minimum atomic E-state index is -4.32. The molecule has 8 nitrogen and oxygen atoms in total. The van der Waals surface area contributed by atoms with E-state index in [0.717, 1.165) is 38.5 Å². The van der Waals surface area contributed by atoms with E-state index in [1.54, 1.807) is 0 Å². The number of phosphoric acid groups is 1. The van der Waals surface area contributed by atoms with Gasteiger partial charge in [-0.1, -0.05) is 276 Å². The van der Waals surface area contributed by atoms with Crippen molar-refractivity contribution in [2.24, 2.45) is 0 Å². The Kier molecular flexibility index (Phi) is 50.6. The molecule has 0 rings (SSSR count). The van der Waals surface area contributed by atoms with Crippen molar-refractivity contribution in [3.63, 3.8) is 0 Å². The van der Waals surface area contributed by atoms with E-state index in [9.17, 15) is 19.4 Å². The van der Waals surface area contributed by atoms with Gasteiger partial charge in [0, 0.05) is 6.42 Å². The highest BCUT2D eigenvalue weighted by Gasteiger charge is 2.28. The summed E-state index contributed by atoms with van der Waals surface area (Å²) in [6, 6.07) is -0.761. The van der Waals surface area contributed by atoms with Crippen LogP contribution in [0.5, 0.6) is 0 Å². The summed E-state index contributed by atoms with van der Waals surface area (Å²) in [5.41, 5.74) is 0. The van der Waals surface area contributed by atoms with Gasteiger partial charge in [-0.15, -0.1) is 0 Å². The minimum absolute atomic E-state index is 0.0763. The zero-order valence-corrected chi connectivity index (χ0v) is 47.3. The number of phosphoric ester groups is 1. The average molecular weight is 985 g/mol. The van der Waals surface area contributed by atoms with Gasteiger partial charge in [0.25, 0.3) is 0 Å². The van der Waals surface area contributed by atoms with E-state index in [1.165, 1.54) is 244 Å². The van der Waals surface area contributed by atoms with Crippen LogP contribution in [0.1, 0.15) is 309 Å². The number of carbonyl (C=O) groups excluding carboxylic acids is 1. The number of rotatable bonds is 56. The predicted octanol–water partition coefficient (Wildman–Crippen LogP) is 18.2. The van der Waals surface area contributed by atoms with E-state index in [4.69, 9.17) is 9.05 Å². The number of aliphatic hydroxyl groups excluding tert-OH is 1. The van der Waals surface area contributed by atoms with Crippen LogP contribution in [0.15, 0.2) is 12.2 Å². The molecule has 0 saturated heterocycles. The van der Waals surface area contributed by atoms with Crippen molar-refractivity contribution < 1.29 is 32.9 Å². The Hall–Kier alpha value is -0.760. The largest absolute Gasteiger partial charge is 0.472 e. The lowest BCUT2D eigenvalue weighted by molar-refractivity contribution is -0.870. The van der Waals surface area contributed by atoms with Gasteiger partial charge in [-0.2, -0.15) is 0 Å². The molecule has 0 spiro atoms. The lowest BCUT2D eigenvalue weighted by Gasteiger charge is -2.26. The number of unbranched alkanes of at least 4 members (excludes halogenated alkanes) is 41. The number of nitrogens with zero attached hydrogens (tertiary/aromatic N) is 1. The molecule has 0 bridgehead atoms. The van der Waals surface area contributed by atoms with Crippen LogP contribution < -0.4 is 5.32 Å². The third kappa shape index (κ3) is 53.0. The van der Waals surface area contributed by atoms with E-state index in [0.29, 0.717) is 23.9 Å². The first-order valence-electron chi connectivity index (χ1n) is 30.1. The van der Waals surface area contributed by atoms with Crippen molar-refractivity contribution in [3.8, 4) is 0 Å². The summed E-state index contributed by atoms with van der Waals surface area (Å²) >= 11 is 0. The molecular formula is C59H120N2O6P+. The van der Waals surface area contributed by atoms with Gasteiger partial charge in [0.05, 0.1) is 39.9 Å². The average Bonchev–Trinajstić information content (AvgIpc) is 3.30. The Morgan fingerprint density at radius 1 is 0.485 bits per heavy atom. The summed E-state index contributed by atoms with van der Waals surface area (Å²) in [4.78, 5) is 23.4. The molecule has 68 heavy (non-hydrogen) atoms. The summed E-state index contributed by atoms with van der Waals surface area (Å²) in [7, 11) is 1.63. The number of allylic oxidation sites excluding steroid dienone is 2. The van der Waals surface area contributed by atoms with Crippen LogP contribution in [0.2, 0.25) is 0 Å². The number of aliphatic hydroxyl groups is 1. The molecule has 0 radical (unpaired) electrons. The molecule has 0 fully saturated rings. The first-order chi connectivity index (χ1) is 33.0. The fourth-order valence-electron chi connectivity index (χ4n) is 9.28. The number of carbonyl (C=O) groups is 1. The molecule has 3 N–H and O–H groups in total. The fourth-order valence-corrected chi connectivity index (χ4v) is 10.0. The molecular weight excluding hydrogens is 864 g/mol. The number of likely N-dealkylation sites (N-methyl/N-ethyl adjacent to an activating group) is 1. The summed E-state index contributed by atoms with van der Waals surface area (Å²) < 4.78 is 23.8. The van der Waals surface area contributed by atoms with Crippen molar-refractivity contribution in [3.05, 3.63) is 12.2 Å². The monoisotopic (exact) mass is 984 g/mol. The quantitative estimate of drug-likeness (QED) is 0.0243. The molecule has 0 aliphatic rings. The summed E-state index contributed by atoms with van der Waals surface area (Å²) in [5.74, 6) is -0.143. The Labute approximate surface area is 424 Å². The highest BCUT2D eigenvalue weighted by atomic mass is 31.2. The molecule has 0 heterocycles. The minimum Gasteiger partial charge on any atom is -0.391 e. The summed E-state index contributed by atoms with van der Waals surface area (Å²) in [5, 5.41) is 14.1. The molecule has 0 aromatic carbocycles. The lowest BCUT2D eigenvalue weighted by Crippen LogP contribution is -2.46. The van der Waals surface area contributed by atoms with Crippen LogP contribution >= 0.6 is 7.82 Å². The smallest absolute Gasteiger partial charge is 0.391 e. The second kappa shape index (κ2) is 51.2. The first-order valence-corrected chi connectivity index (χ1v) is 31.5. The van der Waals surface area contributed by atoms with E-state index in [-0.39, 0.29) is 19.1 Å². The number of amides is 1. The highest BCUT2D eigenvalue weighted by Crippen LogP contribution is 2.43. The fraction of sp³-hybridized carbons (Fsp3) is 0.949. The number of quaternary nitrogens is 1. The molecule has 0 aromatic heterocycles. The van der Waals surface area contributed by atoms with Gasteiger partial charge >= 0.3 is 7.82 Å². The third-order valence-corrected chi connectivity index (χ3v) is 15.0. The van der Waals surface area contributed by atoms with Gasteiger partial charge in [-0.25, -0.2) is 4.57 Å². The first kappa shape index (κ1) is 67.2. The van der Waals surface area contributed by atoms with E-state index in [2.05, 4.69) is 31.3 Å². The van der Waals surface area contributed by atoms with Crippen LogP contribution in [0.25, 0.3) is 0 Å². The Morgan fingerprint density at radius 3 is 1.13 bits per heavy atom. The predicted molar refractivity (Wildman–Crippen MR) is 295 cm³/mol. The highest BCUT2D eigenvalue weighted by molar-refractivity contribution is 7.47. The van der Waals surface area contributed by atoms with Crippen molar-refractivity contribution >= 4 is 13.7 Å². The van der Waals surface area contributed by atoms with Crippen LogP contribution in [0.4, 0.5) is 0 Å². The lowest BCUT2D eigenvalue weighted by atomic mass is 10.0. The van der Waals surface area contributed by atoms with E-state index >= 15 is 0 Å². The molecule has 0 saturated carbocycles. The van der Waals surface area contributed by atoms with Gasteiger partial charge in [-0.3, -0.25) is 13.8 Å². The summed E-state index contributed by atoms with van der Waals surface area (Å²) in [6.07, 6.45) is 62.7. The topological polar surface area (TPSA) is 105 Å². The second-order valence-electron chi connectivity index (χ2n) is 22.1. The molecule has 3 atom stereocenters. The molecule has 0 aromatic rings. The Balaban J connectivity index is 4.13. The van der Waals surface area contributed by atoms with Crippen molar-refractivity contribution in [1.82, 2.24) is 5.32 Å². The maximum absolute atomic E-state index is 13.0. The van der Waals surface area contributed by atoms with Crippen LogP contribution in [-0.2, 0) is 18.4 Å². The van der Waals surface area contributed by atoms with E-state index in [1.807, 2.05) is 21.1 Å².